The van der Waals surface area contributed by atoms with Gasteiger partial charge in [0.05, 0.1) is 9.95 Å². The van der Waals surface area contributed by atoms with Crippen molar-refractivity contribution >= 4 is 17.3 Å². The molecular formula is C14H14ClN3O2. The molecule has 5 nitrogen and oxygen atoms in total. The SMILES string of the molecule is CC(NCc1ccc([N+](=O)[O-])cc1Cl)c1ccncc1. The van der Waals surface area contributed by atoms with Crippen molar-refractivity contribution in [1.29, 1.82) is 0 Å². The summed E-state index contributed by atoms with van der Waals surface area (Å²) >= 11 is 6.05. The maximum Gasteiger partial charge on any atom is 0.270 e. The summed E-state index contributed by atoms with van der Waals surface area (Å²) in [6, 6.07) is 8.52. The number of hydrogen-bond donors (Lipinski definition) is 1. The average Bonchev–Trinajstić information content (AvgIpc) is 2.46. The standard InChI is InChI=1S/C14H14ClN3O2/c1-10(11-4-6-16-7-5-11)17-9-12-2-3-13(18(19)20)8-14(12)15/h2-8,10,17H,9H2,1H3. The molecule has 0 fully saturated rings. The van der Waals surface area contributed by atoms with E-state index < -0.39 is 4.92 Å². The molecule has 0 saturated heterocycles. The van der Waals surface area contributed by atoms with E-state index in [4.69, 9.17) is 11.6 Å². The average molecular weight is 292 g/mol. The van der Waals surface area contributed by atoms with Gasteiger partial charge in [-0.25, -0.2) is 0 Å². The van der Waals surface area contributed by atoms with Gasteiger partial charge in [0.2, 0.25) is 0 Å². The van der Waals surface area contributed by atoms with Gasteiger partial charge in [-0.15, -0.1) is 0 Å². The molecule has 104 valence electrons. The molecule has 1 unspecified atom stereocenters. The van der Waals surface area contributed by atoms with Crippen LogP contribution >= 0.6 is 11.6 Å². The number of hydrogen-bond acceptors (Lipinski definition) is 4. The van der Waals surface area contributed by atoms with Gasteiger partial charge in [-0.1, -0.05) is 11.6 Å². The summed E-state index contributed by atoms with van der Waals surface area (Å²) in [5, 5.41) is 14.4. The number of nitro benzene ring substituents is 1. The molecule has 1 heterocycles. The van der Waals surface area contributed by atoms with Gasteiger partial charge in [-0.3, -0.25) is 15.1 Å². The molecular weight excluding hydrogens is 278 g/mol. The van der Waals surface area contributed by atoms with Gasteiger partial charge < -0.3 is 5.32 Å². The van der Waals surface area contributed by atoms with Crippen LogP contribution in [0.1, 0.15) is 24.1 Å². The molecule has 0 bridgehead atoms. The second kappa shape index (κ2) is 6.45. The highest BCUT2D eigenvalue weighted by Crippen LogP contribution is 2.23. The summed E-state index contributed by atoms with van der Waals surface area (Å²) in [6.07, 6.45) is 3.48. The molecule has 0 saturated carbocycles. The topological polar surface area (TPSA) is 68.1 Å². The Balaban J connectivity index is 2.02. The summed E-state index contributed by atoms with van der Waals surface area (Å²) in [7, 11) is 0. The third-order valence-corrected chi connectivity index (χ3v) is 3.40. The molecule has 1 aromatic carbocycles. The summed E-state index contributed by atoms with van der Waals surface area (Å²) in [5.74, 6) is 0. The van der Waals surface area contributed by atoms with E-state index in [9.17, 15) is 10.1 Å². The van der Waals surface area contributed by atoms with Crippen LogP contribution in [0.5, 0.6) is 0 Å². The first-order chi connectivity index (χ1) is 9.58. The zero-order chi connectivity index (χ0) is 14.5. The Morgan fingerprint density at radius 3 is 2.65 bits per heavy atom. The molecule has 2 aromatic rings. The van der Waals surface area contributed by atoms with Crippen molar-refractivity contribution in [3.63, 3.8) is 0 Å². The minimum atomic E-state index is -0.456. The molecule has 0 aliphatic heterocycles. The van der Waals surface area contributed by atoms with E-state index in [0.717, 1.165) is 11.1 Å². The fourth-order valence-electron chi connectivity index (χ4n) is 1.83. The van der Waals surface area contributed by atoms with Crippen molar-refractivity contribution in [2.75, 3.05) is 0 Å². The van der Waals surface area contributed by atoms with Crippen LogP contribution in [0.2, 0.25) is 5.02 Å². The molecule has 1 atom stereocenters. The largest absolute Gasteiger partial charge is 0.306 e. The molecule has 0 radical (unpaired) electrons. The van der Waals surface area contributed by atoms with Crippen LogP contribution in [0.25, 0.3) is 0 Å². The van der Waals surface area contributed by atoms with Crippen LogP contribution in [0.15, 0.2) is 42.7 Å². The van der Waals surface area contributed by atoms with E-state index >= 15 is 0 Å². The number of rotatable bonds is 5. The molecule has 1 aromatic heterocycles. The van der Waals surface area contributed by atoms with Crippen molar-refractivity contribution < 1.29 is 4.92 Å². The van der Waals surface area contributed by atoms with Gasteiger partial charge >= 0.3 is 0 Å². The van der Waals surface area contributed by atoms with E-state index in [1.54, 1.807) is 18.5 Å². The lowest BCUT2D eigenvalue weighted by Crippen LogP contribution is -2.18. The molecule has 0 aliphatic carbocycles. The number of benzene rings is 1. The Morgan fingerprint density at radius 2 is 2.05 bits per heavy atom. The van der Waals surface area contributed by atoms with E-state index in [2.05, 4.69) is 10.3 Å². The molecule has 2 rings (SSSR count). The lowest BCUT2D eigenvalue weighted by Gasteiger charge is -2.14. The number of aromatic nitrogens is 1. The molecule has 1 N–H and O–H groups in total. The smallest absolute Gasteiger partial charge is 0.270 e. The quantitative estimate of drug-likeness (QED) is 0.676. The Morgan fingerprint density at radius 1 is 1.35 bits per heavy atom. The fraction of sp³-hybridized carbons (Fsp3) is 0.214. The summed E-state index contributed by atoms with van der Waals surface area (Å²) in [5.41, 5.74) is 1.96. The van der Waals surface area contributed by atoms with Crippen LogP contribution in [-0.2, 0) is 6.54 Å². The zero-order valence-electron chi connectivity index (χ0n) is 10.9. The minimum Gasteiger partial charge on any atom is -0.306 e. The van der Waals surface area contributed by atoms with Gasteiger partial charge in [0.1, 0.15) is 0 Å². The van der Waals surface area contributed by atoms with Crippen molar-refractivity contribution in [3.05, 3.63) is 69.0 Å². The van der Waals surface area contributed by atoms with Crippen molar-refractivity contribution in [1.82, 2.24) is 10.3 Å². The number of nitro groups is 1. The van der Waals surface area contributed by atoms with Crippen LogP contribution in [0.4, 0.5) is 5.69 Å². The third kappa shape index (κ3) is 3.53. The maximum absolute atomic E-state index is 10.6. The highest BCUT2D eigenvalue weighted by Gasteiger charge is 2.10. The van der Waals surface area contributed by atoms with Crippen molar-refractivity contribution in [3.8, 4) is 0 Å². The monoisotopic (exact) mass is 291 g/mol. The Labute approximate surface area is 121 Å². The summed E-state index contributed by atoms with van der Waals surface area (Å²) < 4.78 is 0. The number of pyridine rings is 1. The van der Waals surface area contributed by atoms with E-state index in [1.807, 2.05) is 19.1 Å². The van der Waals surface area contributed by atoms with Crippen molar-refractivity contribution in [2.45, 2.75) is 19.5 Å². The van der Waals surface area contributed by atoms with E-state index in [0.29, 0.717) is 11.6 Å². The zero-order valence-corrected chi connectivity index (χ0v) is 11.7. The molecule has 0 spiro atoms. The van der Waals surface area contributed by atoms with Crippen LogP contribution < -0.4 is 5.32 Å². The highest BCUT2D eigenvalue weighted by atomic mass is 35.5. The first-order valence-corrected chi connectivity index (χ1v) is 6.52. The van der Waals surface area contributed by atoms with Crippen LogP contribution in [0, 0.1) is 10.1 Å². The van der Waals surface area contributed by atoms with E-state index in [-0.39, 0.29) is 11.7 Å². The third-order valence-electron chi connectivity index (χ3n) is 3.05. The Hall–Kier alpha value is -1.98. The highest BCUT2D eigenvalue weighted by molar-refractivity contribution is 6.31. The molecule has 6 heteroatoms. The summed E-state index contributed by atoms with van der Waals surface area (Å²) in [4.78, 5) is 14.2. The molecule has 0 aliphatic rings. The molecule has 20 heavy (non-hydrogen) atoms. The number of nitrogens with zero attached hydrogens (tertiary/aromatic N) is 2. The predicted octanol–water partition coefficient (Wildman–Crippen LogP) is 3.49. The number of nitrogens with one attached hydrogen (secondary N) is 1. The predicted molar refractivity (Wildman–Crippen MR) is 77.6 cm³/mol. The van der Waals surface area contributed by atoms with E-state index in [1.165, 1.54) is 12.1 Å². The second-order valence-corrected chi connectivity index (χ2v) is 4.82. The second-order valence-electron chi connectivity index (χ2n) is 4.42. The summed E-state index contributed by atoms with van der Waals surface area (Å²) in [6.45, 7) is 2.58. The van der Waals surface area contributed by atoms with Crippen molar-refractivity contribution in [2.24, 2.45) is 0 Å². The fourth-order valence-corrected chi connectivity index (χ4v) is 2.07. The number of non-ortho nitro benzene ring substituents is 1. The van der Waals surface area contributed by atoms with Gasteiger partial charge in [0.25, 0.3) is 5.69 Å². The minimum absolute atomic E-state index is 0.000863. The van der Waals surface area contributed by atoms with Gasteiger partial charge in [0.15, 0.2) is 0 Å². The van der Waals surface area contributed by atoms with Gasteiger partial charge in [-0.05, 0) is 36.2 Å². The Kier molecular flexibility index (Phi) is 4.65. The van der Waals surface area contributed by atoms with Crippen LogP contribution in [-0.4, -0.2) is 9.91 Å². The normalized spacial score (nSPS) is 12.1. The van der Waals surface area contributed by atoms with Crippen LogP contribution in [0.3, 0.4) is 0 Å². The van der Waals surface area contributed by atoms with Gasteiger partial charge in [-0.2, -0.15) is 0 Å². The maximum atomic E-state index is 10.6. The first kappa shape index (κ1) is 14.4. The Bertz CT molecular complexity index is 605. The first-order valence-electron chi connectivity index (χ1n) is 6.14. The lowest BCUT2D eigenvalue weighted by molar-refractivity contribution is -0.384. The lowest BCUT2D eigenvalue weighted by atomic mass is 10.1. The van der Waals surface area contributed by atoms with Gasteiger partial charge in [0, 0.05) is 37.1 Å². The number of halogens is 1. The molecule has 0 amide bonds.